The molecular formula is C14H12Cl10. The van der Waals surface area contributed by atoms with E-state index in [9.17, 15) is 0 Å². The van der Waals surface area contributed by atoms with Gasteiger partial charge in [-0.05, 0) is 29.0 Å². The topological polar surface area (TPSA) is 0 Å². The molecule has 0 aliphatic rings. The molecule has 24 heavy (non-hydrogen) atoms. The maximum atomic E-state index is 6.35. The predicted octanol–water partition coefficient (Wildman–Crippen LogP) is 8.89. The molecule has 0 N–H and O–H groups in total. The summed E-state index contributed by atoms with van der Waals surface area (Å²) in [4.78, 5) is 0. The van der Waals surface area contributed by atoms with Crippen molar-refractivity contribution in [3.63, 3.8) is 0 Å². The molecule has 0 atom stereocenters. The van der Waals surface area contributed by atoms with Crippen LogP contribution in [0.25, 0.3) is 0 Å². The van der Waals surface area contributed by atoms with Gasteiger partial charge in [-0.1, -0.05) is 148 Å². The SMILES string of the molecule is CC(C)Cc1c(C(Cl)(Cl)C(Cl)(Cl)Cl)cccc1C(Cl)(Cl)C(Cl)(Cl)Cl. The standard InChI is InChI=1S/C14H12Cl10/c1-7(2)6-8-9(11(15,16)13(19,20)21)4-3-5-10(8)12(17,18)14(22,23)24/h3-5,7H,6H2,1-2H3. The summed E-state index contributed by atoms with van der Waals surface area (Å²) in [5.41, 5.74) is 1.22. The fraction of sp³-hybridized carbons (Fsp3) is 0.571. The fourth-order valence-corrected chi connectivity index (χ4v) is 3.43. The summed E-state index contributed by atoms with van der Waals surface area (Å²) in [6.45, 7) is 3.94. The lowest BCUT2D eigenvalue weighted by Crippen LogP contribution is -2.34. The van der Waals surface area contributed by atoms with Gasteiger partial charge in [-0.3, -0.25) is 0 Å². The minimum absolute atomic E-state index is 0.170. The van der Waals surface area contributed by atoms with Gasteiger partial charge in [-0.15, -0.1) is 0 Å². The van der Waals surface area contributed by atoms with E-state index in [1.807, 2.05) is 13.8 Å². The van der Waals surface area contributed by atoms with Crippen LogP contribution < -0.4 is 0 Å². The minimum atomic E-state index is -2.01. The Hall–Kier alpha value is 2.12. The molecule has 0 spiro atoms. The molecule has 0 amide bonds. The maximum absolute atomic E-state index is 6.35. The summed E-state index contributed by atoms with van der Waals surface area (Å²) in [5.74, 6) is 0.170. The molecule has 0 aromatic heterocycles. The van der Waals surface area contributed by atoms with Crippen LogP contribution in [0.3, 0.4) is 0 Å². The van der Waals surface area contributed by atoms with Gasteiger partial charge < -0.3 is 0 Å². The van der Waals surface area contributed by atoms with Crippen molar-refractivity contribution >= 4 is 116 Å². The van der Waals surface area contributed by atoms with Crippen LogP contribution in [-0.2, 0) is 15.1 Å². The van der Waals surface area contributed by atoms with Crippen LogP contribution in [0.1, 0.15) is 30.5 Å². The van der Waals surface area contributed by atoms with Gasteiger partial charge in [0.1, 0.15) is 0 Å². The first-order valence-electron chi connectivity index (χ1n) is 6.55. The van der Waals surface area contributed by atoms with Crippen molar-refractivity contribution in [2.75, 3.05) is 0 Å². The average molecular weight is 535 g/mol. The van der Waals surface area contributed by atoms with E-state index in [0.29, 0.717) is 23.1 Å². The summed E-state index contributed by atoms with van der Waals surface area (Å²) in [5, 5.41) is 0. The predicted molar refractivity (Wildman–Crippen MR) is 112 cm³/mol. The molecule has 0 unspecified atom stereocenters. The highest BCUT2D eigenvalue weighted by molar-refractivity contribution is 6.76. The van der Waals surface area contributed by atoms with Crippen molar-refractivity contribution in [2.24, 2.45) is 5.92 Å². The molecule has 0 radical (unpaired) electrons. The Balaban J connectivity index is 3.74. The Bertz CT molecular complexity index is 536. The summed E-state index contributed by atoms with van der Waals surface area (Å²) in [7, 11) is 0. The Kier molecular flexibility index (Phi) is 8.29. The number of hydrogen-bond donors (Lipinski definition) is 0. The maximum Gasteiger partial charge on any atom is 0.227 e. The largest absolute Gasteiger partial charge is 0.227 e. The zero-order chi connectivity index (χ0) is 19.1. The molecule has 0 saturated heterocycles. The van der Waals surface area contributed by atoms with Crippen molar-refractivity contribution < 1.29 is 0 Å². The van der Waals surface area contributed by atoms with Crippen molar-refractivity contribution in [1.29, 1.82) is 0 Å². The van der Waals surface area contributed by atoms with Crippen LogP contribution >= 0.6 is 116 Å². The number of halogens is 10. The second kappa shape index (κ2) is 8.24. The highest BCUT2D eigenvalue weighted by Crippen LogP contribution is 2.58. The van der Waals surface area contributed by atoms with E-state index in [-0.39, 0.29) is 5.92 Å². The summed E-state index contributed by atoms with van der Waals surface area (Å²) < 4.78 is -7.76. The molecule has 0 bridgehead atoms. The third-order valence-electron chi connectivity index (χ3n) is 3.18. The smallest absolute Gasteiger partial charge is 0.0915 e. The van der Waals surface area contributed by atoms with Crippen molar-refractivity contribution in [3.05, 3.63) is 34.9 Å². The molecule has 0 aliphatic carbocycles. The first kappa shape index (κ1) is 24.2. The minimum Gasteiger partial charge on any atom is -0.0915 e. The third-order valence-corrected chi connectivity index (χ3v) is 7.99. The van der Waals surface area contributed by atoms with E-state index in [2.05, 4.69) is 0 Å². The van der Waals surface area contributed by atoms with E-state index in [0.717, 1.165) is 0 Å². The van der Waals surface area contributed by atoms with Crippen LogP contribution in [0.15, 0.2) is 18.2 Å². The van der Waals surface area contributed by atoms with Crippen molar-refractivity contribution in [2.45, 2.75) is 36.5 Å². The molecule has 0 fully saturated rings. The molecule has 0 aliphatic heterocycles. The van der Waals surface area contributed by atoms with E-state index >= 15 is 0 Å². The van der Waals surface area contributed by atoms with E-state index in [1.54, 1.807) is 18.2 Å². The third kappa shape index (κ3) is 5.13. The summed E-state index contributed by atoms with van der Waals surface area (Å²) in [6, 6.07) is 4.83. The molecule has 1 aromatic rings. The van der Waals surface area contributed by atoms with Gasteiger partial charge in [0, 0.05) is 0 Å². The van der Waals surface area contributed by atoms with Crippen LogP contribution in [-0.4, -0.2) is 7.59 Å². The molecule has 10 heteroatoms. The van der Waals surface area contributed by atoms with Gasteiger partial charge in [0.05, 0.1) is 0 Å². The van der Waals surface area contributed by atoms with Gasteiger partial charge in [0.25, 0.3) is 0 Å². The highest BCUT2D eigenvalue weighted by Gasteiger charge is 2.52. The van der Waals surface area contributed by atoms with Crippen LogP contribution in [0.5, 0.6) is 0 Å². The van der Waals surface area contributed by atoms with Crippen LogP contribution in [0, 0.1) is 5.92 Å². The van der Waals surface area contributed by atoms with Crippen molar-refractivity contribution in [1.82, 2.24) is 0 Å². The molecule has 1 rings (SSSR count). The van der Waals surface area contributed by atoms with Gasteiger partial charge in [-0.2, -0.15) is 0 Å². The van der Waals surface area contributed by atoms with Gasteiger partial charge >= 0.3 is 0 Å². The first-order chi connectivity index (χ1) is 10.5. The zero-order valence-electron chi connectivity index (χ0n) is 12.3. The van der Waals surface area contributed by atoms with Gasteiger partial charge in [0.15, 0.2) is 8.67 Å². The van der Waals surface area contributed by atoms with E-state index < -0.39 is 16.3 Å². The molecule has 0 saturated carbocycles. The Morgan fingerprint density at radius 2 is 1.04 bits per heavy atom. The zero-order valence-corrected chi connectivity index (χ0v) is 19.9. The number of alkyl halides is 10. The molecule has 1 aromatic carbocycles. The molecule has 0 nitrogen and oxygen atoms in total. The summed E-state index contributed by atoms with van der Waals surface area (Å²) >= 11 is 61.1. The van der Waals surface area contributed by atoms with Crippen LogP contribution in [0.2, 0.25) is 0 Å². The Labute approximate surface area is 191 Å². The normalized spacial score (nSPS) is 14.4. The monoisotopic (exact) mass is 530 g/mol. The second-order valence-corrected chi connectivity index (χ2v) is 12.8. The first-order valence-corrected chi connectivity index (χ1v) is 10.3. The lowest BCUT2D eigenvalue weighted by atomic mass is 9.90. The van der Waals surface area contributed by atoms with Gasteiger partial charge in [0.2, 0.25) is 7.59 Å². The number of benzene rings is 1. The van der Waals surface area contributed by atoms with E-state index in [1.165, 1.54) is 0 Å². The summed E-state index contributed by atoms with van der Waals surface area (Å²) in [6.07, 6.45) is 0.468. The highest BCUT2D eigenvalue weighted by atomic mass is 35.6. The molecular weight excluding hydrogens is 523 g/mol. The van der Waals surface area contributed by atoms with Crippen molar-refractivity contribution in [3.8, 4) is 0 Å². The lowest BCUT2D eigenvalue weighted by Gasteiger charge is -2.35. The molecule has 138 valence electrons. The van der Waals surface area contributed by atoms with E-state index in [4.69, 9.17) is 116 Å². The molecule has 0 heterocycles. The quantitative estimate of drug-likeness (QED) is 0.338. The average Bonchev–Trinajstić information content (AvgIpc) is 2.35. The lowest BCUT2D eigenvalue weighted by molar-refractivity contribution is 0.629. The Morgan fingerprint density at radius 3 is 1.29 bits per heavy atom. The van der Waals surface area contributed by atoms with Gasteiger partial charge in [-0.25, -0.2) is 0 Å². The second-order valence-electron chi connectivity index (χ2n) is 5.57. The fourth-order valence-electron chi connectivity index (χ4n) is 2.11. The Morgan fingerprint density at radius 1 is 0.708 bits per heavy atom. The van der Waals surface area contributed by atoms with Crippen LogP contribution in [0.4, 0.5) is 0 Å². The number of rotatable bonds is 4. The number of hydrogen-bond acceptors (Lipinski definition) is 0.